The van der Waals surface area contributed by atoms with E-state index in [1.807, 2.05) is 0 Å². The highest BCUT2D eigenvalue weighted by Crippen LogP contribution is 2.05. The highest BCUT2D eigenvalue weighted by molar-refractivity contribution is 5.94. The van der Waals surface area contributed by atoms with Crippen molar-refractivity contribution in [2.24, 2.45) is 17.4 Å². The van der Waals surface area contributed by atoms with Crippen molar-refractivity contribution in [3.05, 3.63) is 0 Å². The van der Waals surface area contributed by atoms with Gasteiger partial charge in [-0.25, -0.2) is 4.79 Å². The number of nitrogens with one attached hydrogen (secondary N) is 3. The molecular formula is C17H31N5O8. The van der Waals surface area contributed by atoms with Gasteiger partial charge in [0.15, 0.2) is 0 Å². The Labute approximate surface area is 173 Å². The molecule has 0 aliphatic heterocycles. The van der Waals surface area contributed by atoms with E-state index in [1.54, 1.807) is 13.8 Å². The summed E-state index contributed by atoms with van der Waals surface area (Å²) in [7, 11) is 0. The van der Waals surface area contributed by atoms with Crippen LogP contribution in [0, 0.1) is 5.92 Å². The van der Waals surface area contributed by atoms with Crippen LogP contribution in [0.2, 0.25) is 0 Å². The van der Waals surface area contributed by atoms with Gasteiger partial charge in [-0.05, 0) is 19.3 Å². The van der Waals surface area contributed by atoms with Gasteiger partial charge in [0.2, 0.25) is 23.6 Å². The first-order valence-electron chi connectivity index (χ1n) is 9.28. The van der Waals surface area contributed by atoms with Crippen molar-refractivity contribution in [3.8, 4) is 0 Å². The lowest BCUT2D eigenvalue weighted by atomic mass is 10.0. The summed E-state index contributed by atoms with van der Waals surface area (Å²) in [6.45, 7) is 3.78. The highest BCUT2D eigenvalue weighted by atomic mass is 16.4. The lowest BCUT2D eigenvalue weighted by molar-refractivity contribution is -0.143. The molecule has 0 spiro atoms. The Balaban J connectivity index is 5.32. The summed E-state index contributed by atoms with van der Waals surface area (Å²) in [5.74, 6) is -5.25. The van der Waals surface area contributed by atoms with Crippen molar-refractivity contribution < 1.29 is 39.3 Å². The van der Waals surface area contributed by atoms with Crippen molar-refractivity contribution in [2.45, 2.75) is 63.9 Å². The average Bonchev–Trinajstić information content (AvgIpc) is 2.64. The molecule has 4 amide bonds. The Morgan fingerprint density at radius 2 is 1.40 bits per heavy atom. The fraction of sp³-hybridized carbons (Fsp3) is 0.706. The fourth-order valence-corrected chi connectivity index (χ4v) is 2.33. The molecule has 13 heteroatoms. The van der Waals surface area contributed by atoms with Gasteiger partial charge >= 0.3 is 5.97 Å². The maximum atomic E-state index is 12.6. The Hall–Kier alpha value is -2.77. The molecule has 0 aliphatic carbocycles. The van der Waals surface area contributed by atoms with Crippen LogP contribution < -0.4 is 27.4 Å². The summed E-state index contributed by atoms with van der Waals surface area (Å²) in [5.41, 5.74) is 10.4. The summed E-state index contributed by atoms with van der Waals surface area (Å²) >= 11 is 0. The zero-order chi connectivity index (χ0) is 23.6. The van der Waals surface area contributed by atoms with Gasteiger partial charge in [0, 0.05) is 6.42 Å². The lowest BCUT2D eigenvalue weighted by Gasteiger charge is -2.27. The van der Waals surface area contributed by atoms with E-state index >= 15 is 0 Å². The zero-order valence-corrected chi connectivity index (χ0v) is 17.1. The third-order valence-electron chi connectivity index (χ3n) is 4.14. The van der Waals surface area contributed by atoms with E-state index in [0.717, 1.165) is 0 Å². The van der Waals surface area contributed by atoms with Crippen LogP contribution in [0.25, 0.3) is 0 Å². The van der Waals surface area contributed by atoms with Gasteiger partial charge in [-0.2, -0.15) is 0 Å². The second-order valence-corrected chi connectivity index (χ2v) is 7.15. The summed E-state index contributed by atoms with van der Waals surface area (Å²) in [5, 5.41) is 34.8. The number of nitrogens with two attached hydrogens (primary N) is 2. The third-order valence-corrected chi connectivity index (χ3v) is 4.14. The van der Waals surface area contributed by atoms with Crippen LogP contribution >= 0.6 is 0 Å². The Morgan fingerprint density at radius 3 is 1.80 bits per heavy atom. The van der Waals surface area contributed by atoms with Gasteiger partial charge < -0.3 is 42.7 Å². The summed E-state index contributed by atoms with van der Waals surface area (Å²) in [6, 6.07) is -5.41. The van der Waals surface area contributed by atoms with E-state index in [0.29, 0.717) is 0 Å². The molecule has 5 unspecified atom stereocenters. The molecule has 172 valence electrons. The predicted molar refractivity (Wildman–Crippen MR) is 103 cm³/mol. The van der Waals surface area contributed by atoms with Gasteiger partial charge in [0.05, 0.1) is 12.7 Å². The number of amides is 4. The van der Waals surface area contributed by atoms with E-state index in [-0.39, 0.29) is 12.8 Å². The maximum absolute atomic E-state index is 12.6. The molecule has 30 heavy (non-hydrogen) atoms. The zero-order valence-electron chi connectivity index (χ0n) is 17.1. The first-order valence-corrected chi connectivity index (χ1v) is 9.28. The van der Waals surface area contributed by atoms with Crippen LogP contribution in [0.4, 0.5) is 0 Å². The quantitative estimate of drug-likeness (QED) is 0.142. The van der Waals surface area contributed by atoms with Crippen LogP contribution in [0.3, 0.4) is 0 Å². The van der Waals surface area contributed by atoms with Crippen LogP contribution in [-0.4, -0.2) is 81.8 Å². The molecule has 0 bridgehead atoms. The van der Waals surface area contributed by atoms with Crippen LogP contribution in [0.15, 0.2) is 0 Å². The molecule has 0 aromatic rings. The van der Waals surface area contributed by atoms with Gasteiger partial charge in [-0.3, -0.25) is 19.2 Å². The van der Waals surface area contributed by atoms with Crippen molar-refractivity contribution in [3.63, 3.8) is 0 Å². The standard InChI is InChI=1S/C17H31N5O8/c1-7(2)12(21-14(26)9(18)6-23)15(27)22-13(8(3)24)16(28)20-10(17(29)30)4-5-11(19)25/h7-10,12-13,23-24H,4-6,18H2,1-3H3,(H2,19,25)(H,20,28)(H,21,26)(H,22,27)(H,29,30). The number of carbonyl (C=O) groups excluding carboxylic acids is 4. The Bertz CT molecular complexity index is 640. The van der Waals surface area contributed by atoms with Gasteiger partial charge in [-0.15, -0.1) is 0 Å². The molecule has 0 saturated carbocycles. The molecule has 0 rings (SSSR count). The molecule has 0 fully saturated rings. The lowest BCUT2D eigenvalue weighted by Crippen LogP contribution is -2.61. The van der Waals surface area contributed by atoms with E-state index in [4.69, 9.17) is 16.6 Å². The largest absolute Gasteiger partial charge is 0.480 e. The van der Waals surface area contributed by atoms with E-state index in [9.17, 15) is 34.2 Å². The highest BCUT2D eigenvalue weighted by Gasteiger charge is 2.33. The predicted octanol–water partition coefficient (Wildman–Crippen LogP) is -3.85. The Morgan fingerprint density at radius 1 is 0.900 bits per heavy atom. The molecular weight excluding hydrogens is 402 g/mol. The minimum atomic E-state index is -1.54. The monoisotopic (exact) mass is 433 g/mol. The van der Waals surface area contributed by atoms with Crippen molar-refractivity contribution in [1.82, 2.24) is 16.0 Å². The van der Waals surface area contributed by atoms with Gasteiger partial charge in [0.1, 0.15) is 24.2 Å². The van der Waals surface area contributed by atoms with Gasteiger partial charge in [0.25, 0.3) is 0 Å². The molecule has 5 atom stereocenters. The molecule has 0 aromatic heterocycles. The number of aliphatic hydroxyl groups excluding tert-OH is 2. The summed E-state index contributed by atoms with van der Waals surface area (Å²) in [4.78, 5) is 59.1. The molecule has 0 saturated heterocycles. The van der Waals surface area contributed by atoms with E-state index < -0.39 is 72.4 Å². The third kappa shape index (κ3) is 9.15. The molecule has 13 nitrogen and oxygen atoms in total. The van der Waals surface area contributed by atoms with Crippen LogP contribution in [-0.2, 0) is 24.0 Å². The summed E-state index contributed by atoms with van der Waals surface area (Å²) in [6.07, 6.45) is -1.99. The van der Waals surface area contributed by atoms with Crippen molar-refractivity contribution >= 4 is 29.6 Å². The number of carbonyl (C=O) groups is 5. The normalized spacial score (nSPS) is 16.0. The molecule has 0 radical (unpaired) electrons. The molecule has 10 N–H and O–H groups in total. The van der Waals surface area contributed by atoms with Crippen molar-refractivity contribution in [2.75, 3.05) is 6.61 Å². The minimum absolute atomic E-state index is 0.277. The number of hydrogen-bond donors (Lipinski definition) is 8. The van der Waals surface area contributed by atoms with E-state index in [2.05, 4.69) is 16.0 Å². The minimum Gasteiger partial charge on any atom is -0.480 e. The number of aliphatic carboxylic acids is 1. The smallest absolute Gasteiger partial charge is 0.326 e. The SMILES string of the molecule is CC(C)C(NC(=O)C(N)CO)C(=O)NC(C(=O)NC(CCC(N)=O)C(=O)O)C(C)O. The van der Waals surface area contributed by atoms with E-state index in [1.165, 1.54) is 6.92 Å². The molecule has 0 aliphatic rings. The van der Waals surface area contributed by atoms with Gasteiger partial charge in [-0.1, -0.05) is 13.8 Å². The van der Waals surface area contributed by atoms with Crippen molar-refractivity contribution in [1.29, 1.82) is 0 Å². The number of rotatable bonds is 13. The molecule has 0 aromatic carbocycles. The number of primary amides is 1. The number of carboxylic acid groups (broad SMARTS) is 1. The number of carboxylic acids is 1. The topological polar surface area (TPSA) is 234 Å². The van der Waals surface area contributed by atoms with Crippen LogP contribution in [0.5, 0.6) is 0 Å². The first-order chi connectivity index (χ1) is 13.8. The summed E-state index contributed by atoms with van der Waals surface area (Å²) < 4.78 is 0. The number of hydrogen-bond acceptors (Lipinski definition) is 8. The first kappa shape index (κ1) is 27.2. The second-order valence-electron chi connectivity index (χ2n) is 7.15. The Kier molecular flexibility index (Phi) is 11.5. The number of aliphatic hydroxyl groups is 2. The second kappa shape index (κ2) is 12.7. The maximum Gasteiger partial charge on any atom is 0.326 e. The van der Waals surface area contributed by atoms with Crippen LogP contribution in [0.1, 0.15) is 33.6 Å². The fourth-order valence-electron chi connectivity index (χ4n) is 2.33. The average molecular weight is 433 g/mol. The molecule has 0 heterocycles.